The number of halogens is 6. The van der Waals surface area contributed by atoms with Crippen molar-refractivity contribution in [1.29, 1.82) is 0 Å². The van der Waals surface area contributed by atoms with Gasteiger partial charge in [-0.25, -0.2) is 13.2 Å². The van der Waals surface area contributed by atoms with E-state index in [0.717, 1.165) is 41.0 Å². The summed E-state index contributed by atoms with van der Waals surface area (Å²) in [5, 5.41) is 0. The molecule has 0 heterocycles. The molecular weight excluding hydrogens is 454 g/mol. The Hall–Kier alpha value is -2.38. The first-order valence-corrected chi connectivity index (χ1v) is 11.5. The molecule has 0 spiro atoms. The van der Waals surface area contributed by atoms with Crippen LogP contribution in [-0.4, -0.2) is 37.2 Å². The lowest BCUT2D eigenvalue weighted by Crippen LogP contribution is -2.39. The van der Waals surface area contributed by atoms with Gasteiger partial charge in [0.2, 0.25) is 5.92 Å². The number of hydrogen-bond acceptors (Lipinski definition) is 2. The fraction of sp³-hybridized carbons (Fsp3) is 0.538. The van der Waals surface area contributed by atoms with E-state index in [2.05, 4.69) is 16.9 Å². The van der Waals surface area contributed by atoms with Crippen LogP contribution in [0.1, 0.15) is 64.0 Å². The summed E-state index contributed by atoms with van der Waals surface area (Å²) in [5.74, 6) is -2.74. The quantitative estimate of drug-likeness (QED) is 0.171. The van der Waals surface area contributed by atoms with Crippen LogP contribution in [0.25, 0.3) is 5.57 Å². The van der Waals surface area contributed by atoms with Gasteiger partial charge in [0.15, 0.2) is 0 Å². The molecule has 1 aliphatic rings. The minimum absolute atomic E-state index is 0.138. The highest BCUT2D eigenvalue weighted by Gasteiger charge is 2.46. The fourth-order valence-electron chi connectivity index (χ4n) is 3.90. The average Bonchev–Trinajstić information content (AvgIpc) is 2.74. The summed E-state index contributed by atoms with van der Waals surface area (Å²) in [5.41, 5.74) is 3.61. The molecule has 0 aliphatic heterocycles. The van der Waals surface area contributed by atoms with Crippen LogP contribution in [0.5, 0.6) is 0 Å². The Bertz CT molecular complexity index is 916. The van der Waals surface area contributed by atoms with Gasteiger partial charge in [-0.15, -0.1) is 0 Å². The predicted molar refractivity (Wildman–Crippen MR) is 127 cm³/mol. The van der Waals surface area contributed by atoms with Gasteiger partial charge in [0, 0.05) is 42.9 Å². The van der Waals surface area contributed by atoms with Crippen LogP contribution in [-0.2, 0) is 6.42 Å². The molecule has 0 amide bonds. The van der Waals surface area contributed by atoms with Crippen LogP contribution in [0.15, 0.2) is 51.6 Å². The summed E-state index contributed by atoms with van der Waals surface area (Å²) < 4.78 is 76.6. The number of aliphatic imine (C=N–C) groups is 2. The molecule has 1 fully saturated rings. The molecule has 2 nitrogen and oxygen atoms in total. The predicted octanol–water partition coefficient (Wildman–Crippen LogP) is 8.19. The molecule has 188 valence electrons. The van der Waals surface area contributed by atoms with E-state index in [0.29, 0.717) is 25.1 Å². The van der Waals surface area contributed by atoms with Crippen LogP contribution in [0.2, 0.25) is 0 Å². The summed E-state index contributed by atoms with van der Waals surface area (Å²) in [6, 6.07) is 7.91. The van der Waals surface area contributed by atoms with Crippen molar-refractivity contribution in [2.45, 2.75) is 71.4 Å². The van der Waals surface area contributed by atoms with Crippen LogP contribution in [0, 0.1) is 5.92 Å². The lowest BCUT2D eigenvalue weighted by atomic mass is 9.78. The fourth-order valence-corrected chi connectivity index (χ4v) is 3.90. The summed E-state index contributed by atoms with van der Waals surface area (Å²) in [6.07, 6.45) is -0.807. The first-order valence-electron chi connectivity index (χ1n) is 11.5. The molecule has 0 saturated heterocycles. The summed E-state index contributed by atoms with van der Waals surface area (Å²) in [4.78, 5) is 8.41. The lowest BCUT2D eigenvalue weighted by Gasteiger charge is -2.34. The van der Waals surface area contributed by atoms with Gasteiger partial charge in [-0.2, -0.15) is 13.2 Å². The topological polar surface area (TPSA) is 24.7 Å². The Kier molecular flexibility index (Phi) is 10.1. The molecule has 1 aliphatic carbocycles. The number of benzene rings is 1. The van der Waals surface area contributed by atoms with Crippen LogP contribution < -0.4 is 0 Å². The van der Waals surface area contributed by atoms with Gasteiger partial charge in [-0.3, -0.25) is 9.98 Å². The molecule has 0 N–H and O–H groups in total. The lowest BCUT2D eigenvalue weighted by molar-refractivity contribution is -0.0911. The summed E-state index contributed by atoms with van der Waals surface area (Å²) in [6.45, 7) is 4.80. The Labute approximate surface area is 197 Å². The van der Waals surface area contributed by atoms with Gasteiger partial charge < -0.3 is 0 Å². The van der Waals surface area contributed by atoms with Crippen molar-refractivity contribution in [3.8, 4) is 0 Å². The summed E-state index contributed by atoms with van der Waals surface area (Å²) >= 11 is 0. The SMILES string of the molecule is CCC/C(=C(/C)N=C(C)C1CC(F)(F)C1)c1ccc(CCCN=C/C(=C\CF)C(F)(F)F)cc1. The van der Waals surface area contributed by atoms with Crippen molar-refractivity contribution in [3.05, 3.63) is 52.7 Å². The van der Waals surface area contributed by atoms with Gasteiger partial charge >= 0.3 is 6.18 Å². The maximum atomic E-state index is 13.2. The Balaban J connectivity index is 2.00. The molecule has 1 aromatic rings. The zero-order valence-corrected chi connectivity index (χ0v) is 19.9. The van der Waals surface area contributed by atoms with Gasteiger partial charge in [-0.05, 0) is 55.9 Å². The first kappa shape index (κ1) is 27.9. The van der Waals surface area contributed by atoms with Gasteiger partial charge in [-0.1, -0.05) is 37.6 Å². The summed E-state index contributed by atoms with van der Waals surface area (Å²) in [7, 11) is 0. The van der Waals surface area contributed by atoms with E-state index in [1.165, 1.54) is 0 Å². The van der Waals surface area contributed by atoms with E-state index < -0.39 is 24.3 Å². The largest absolute Gasteiger partial charge is 0.417 e. The maximum Gasteiger partial charge on any atom is 0.417 e. The molecule has 0 unspecified atom stereocenters. The standard InChI is InChI=1S/C26H32F6N2/c1-4-6-24(19(3)34-18(2)22-15-25(28,29)16-22)21-10-8-20(9-11-21)7-5-14-33-17-23(12-13-27)26(30,31)32/h8-12,17,22H,4-7,13-16H2,1-3H3/b23-12+,24-19+,33-17?,34-18?. The molecule has 0 bridgehead atoms. The van der Waals surface area contributed by atoms with Gasteiger partial charge in [0.05, 0.1) is 5.57 Å². The second kappa shape index (κ2) is 12.4. The van der Waals surface area contributed by atoms with Crippen molar-refractivity contribution < 1.29 is 26.3 Å². The Morgan fingerprint density at radius 1 is 1.12 bits per heavy atom. The van der Waals surface area contributed by atoms with E-state index in [1.807, 2.05) is 38.1 Å². The number of rotatable bonds is 11. The molecule has 1 saturated carbocycles. The second-order valence-electron chi connectivity index (χ2n) is 8.68. The first-order chi connectivity index (χ1) is 16.0. The zero-order valence-electron chi connectivity index (χ0n) is 19.9. The Morgan fingerprint density at radius 3 is 2.29 bits per heavy atom. The number of allylic oxidation sites excluding steroid dienone is 4. The van der Waals surface area contributed by atoms with Crippen LogP contribution >= 0.6 is 0 Å². The molecule has 2 rings (SSSR count). The Morgan fingerprint density at radius 2 is 1.76 bits per heavy atom. The van der Waals surface area contributed by atoms with Gasteiger partial charge in [0.1, 0.15) is 6.67 Å². The van der Waals surface area contributed by atoms with Crippen molar-refractivity contribution in [1.82, 2.24) is 0 Å². The molecule has 0 atom stereocenters. The van der Waals surface area contributed by atoms with E-state index >= 15 is 0 Å². The molecular formula is C26H32F6N2. The molecule has 1 aromatic carbocycles. The van der Waals surface area contributed by atoms with Crippen molar-refractivity contribution in [2.75, 3.05) is 13.2 Å². The molecule has 8 heteroatoms. The van der Waals surface area contributed by atoms with Crippen molar-refractivity contribution in [3.63, 3.8) is 0 Å². The van der Waals surface area contributed by atoms with E-state index in [4.69, 9.17) is 0 Å². The monoisotopic (exact) mass is 486 g/mol. The normalized spacial score (nSPS) is 18.3. The minimum Gasteiger partial charge on any atom is -0.293 e. The third-order valence-corrected chi connectivity index (χ3v) is 5.87. The average molecular weight is 487 g/mol. The highest BCUT2D eigenvalue weighted by atomic mass is 19.4. The number of hydrogen-bond donors (Lipinski definition) is 0. The number of aryl methyl sites for hydroxylation is 1. The maximum absolute atomic E-state index is 13.2. The molecule has 34 heavy (non-hydrogen) atoms. The van der Waals surface area contributed by atoms with Crippen molar-refractivity contribution in [2.24, 2.45) is 15.9 Å². The zero-order chi connectivity index (χ0) is 25.4. The second-order valence-corrected chi connectivity index (χ2v) is 8.68. The van der Waals surface area contributed by atoms with Crippen molar-refractivity contribution >= 4 is 17.5 Å². The molecule has 0 aromatic heterocycles. The van der Waals surface area contributed by atoms with E-state index in [1.54, 1.807) is 0 Å². The van der Waals surface area contributed by atoms with Gasteiger partial charge in [0.25, 0.3) is 0 Å². The third kappa shape index (κ3) is 8.44. The number of alkyl halides is 6. The number of nitrogens with zero attached hydrogens (tertiary/aromatic N) is 2. The van der Waals surface area contributed by atoms with Crippen LogP contribution in [0.4, 0.5) is 26.3 Å². The highest BCUT2D eigenvalue weighted by Crippen LogP contribution is 2.43. The van der Waals surface area contributed by atoms with Crippen LogP contribution in [0.3, 0.4) is 0 Å². The third-order valence-electron chi connectivity index (χ3n) is 5.87. The van der Waals surface area contributed by atoms with E-state index in [-0.39, 0.29) is 25.3 Å². The molecule has 0 radical (unpaired) electrons. The van der Waals surface area contributed by atoms with E-state index in [9.17, 15) is 26.3 Å². The smallest absolute Gasteiger partial charge is 0.293 e. The minimum atomic E-state index is -4.61. The highest BCUT2D eigenvalue weighted by molar-refractivity contribution is 5.87.